The van der Waals surface area contributed by atoms with Gasteiger partial charge in [-0.15, -0.1) is 0 Å². The molecule has 3 rings (SSSR count). The van der Waals surface area contributed by atoms with Gasteiger partial charge in [-0.05, 0) is 61.1 Å². The van der Waals surface area contributed by atoms with E-state index in [2.05, 4.69) is 5.32 Å². The molecular formula is C22H24N2O5. The van der Waals surface area contributed by atoms with Gasteiger partial charge in [0.25, 0.3) is 5.91 Å². The number of carbonyl (C=O) groups excluding carboxylic acids is 2. The van der Waals surface area contributed by atoms with Crippen molar-refractivity contribution in [2.75, 3.05) is 25.5 Å². The van der Waals surface area contributed by atoms with Crippen molar-refractivity contribution in [2.24, 2.45) is 0 Å². The highest BCUT2D eigenvalue weighted by molar-refractivity contribution is 5.97. The lowest BCUT2D eigenvalue weighted by Gasteiger charge is -2.32. The number of esters is 1. The Hall–Kier alpha value is -3.35. The molecule has 0 unspecified atom stereocenters. The minimum atomic E-state index is -1.16. The molecule has 2 N–H and O–H groups in total. The molecule has 2 aromatic carbocycles. The number of nitrogens with zero attached hydrogens (tertiary/aromatic N) is 1. The van der Waals surface area contributed by atoms with E-state index >= 15 is 0 Å². The zero-order valence-electron chi connectivity index (χ0n) is 16.5. The smallest absolute Gasteiger partial charge is 0.409 e. The molecule has 0 bridgehead atoms. The summed E-state index contributed by atoms with van der Waals surface area (Å²) in [4.78, 5) is 37.2. The lowest BCUT2D eigenvalue weighted by Crippen LogP contribution is -2.38. The Balaban J connectivity index is 1.65. The average molecular weight is 396 g/mol. The van der Waals surface area contributed by atoms with E-state index in [9.17, 15) is 14.4 Å². The van der Waals surface area contributed by atoms with Gasteiger partial charge in [-0.1, -0.05) is 18.2 Å². The third-order valence-corrected chi connectivity index (χ3v) is 5.30. The van der Waals surface area contributed by atoms with Crippen molar-refractivity contribution in [1.82, 2.24) is 4.90 Å². The maximum Gasteiger partial charge on any atom is 0.409 e. The van der Waals surface area contributed by atoms with Crippen LogP contribution in [0.1, 0.15) is 50.6 Å². The van der Waals surface area contributed by atoms with E-state index in [4.69, 9.17) is 9.84 Å². The van der Waals surface area contributed by atoms with Gasteiger partial charge in [0.05, 0.1) is 12.7 Å². The van der Waals surface area contributed by atoms with E-state index in [0.29, 0.717) is 35.8 Å². The monoisotopic (exact) mass is 396 g/mol. The zero-order chi connectivity index (χ0) is 21.0. The van der Waals surface area contributed by atoms with Crippen molar-refractivity contribution >= 4 is 23.7 Å². The van der Waals surface area contributed by atoms with E-state index < -0.39 is 6.09 Å². The molecule has 1 heterocycles. The molecule has 1 saturated heterocycles. The molecule has 2 aromatic rings. The minimum Gasteiger partial charge on any atom is -0.465 e. The summed E-state index contributed by atoms with van der Waals surface area (Å²) in [6.45, 7) is 3.09. The van der Waals surface area contributed by atoms with Crippen LogP contribution in [0.5, 0.6) is 0 Å². The molecule has 0 atom stereocenters. The second kappa shape index (κ2) is 8.77. The quantitative estimate of drug-likeness (QED) is 0.765. The van der Waals surface area contributed by atoms with Crippen molar-refractivity contribution in [1.29, 1.82) is 0 Å². The van der Waals surface area contributed by atoms with Gasteiger partial charge in [-0.2, -0.15) is 0 Å². The highest BCUT2D eigenvalue weighted by atomic mass is 16.5. The molecule has 29 heavy (non-hydrogen) atoms. The van der Waals surface area contributed by atoms with Crippen LogP contribution in [-0.2, 0) is 4.74 Å². The summed E-state index contributed by atoms with van der Waals surface area (Å²) >= 11 is 0. The molecule has 0 saturated carbocycles. The van der Waals surface area contributed by atoms with Crippen molar-refractivity contribution < 1.29 is 24.2 Å². The summed E-state index contributed by atoms with van der Waals surface area (Å²) in [7, 11) is 1.36. The van der Waals surface area contributed by atoms with Crippen LogP contribution in [0.25, 0.3) is 0 Å². The number of carbonyl (C=O) groups is 3. The van der Waals surface area contributed by atoms with Gasteiger partial charge in [-0.25, -0.2) is 9.59 Å². The van der Waals surface area contributed by atoms with Gasteiger partial charge in [0, 0.05) is 24.3 Å². The molecule has 1 aliphatic heterocycles. The fourth-order valence-corrected chi connectivity index (χ4v) is 3.65. The van der Waals surface area contributed by atoms with Crippen LogP contribution in [0.15, 0.2) is 42.5 Å². The zero-order valence-corrected chi connectivity index (χ0v) is 16.5. The maximum atomic E-state index is 13.0. The molecule has 7 heteroatoms. The first kappa shape index (κ1) is 20.4. The van der Waals surface area contributed by atoms with Crippen molar-refractivity contribution in [3.63, 3.8) is 0 Å². The van der Waals surface area contributed by atoms with Crippen molar-refractivity contribution in [3.05, 3.63) is 64.7 Å². The van der Waals surface area contributed by atoms with Crippen LogP contribution in [0.2, 0.25) is 0 Å². The molecular weight excluding hydrogens is 372 g/mol. The second-order valence-corrected chi connectivity index (χ2v) is 7.14. The maximum absolute atomic E-state index is 13.0. The molecule has 0 aliphatic carbocycles. The lowest BCUT2D eigenvalue weighted by molar-refractivity contribution is 0.0600. The topological polar surface area (TPSA) is 95.9 Å². The lowest BCUT2D eigenvalue weighted by atomic mass is 9.88. The molecule has 1 aliphatic rings. The normalized spacial score (nSPS) is 14.3. The molecule has 0 aromatic heterocycles. The molecule has 1 fully saturated rings. The van der Waals surface area contributed by atoms with Crippen LogP contribution in [0, 0.1) is 6.92 Å². The van der Waals surface area contributed by atoms with Crippen LogP contribution in [0.4, 0.5) is 10.5 Å². The Morgan fingerprint density at radius 3 is 2.31 bits per heavy atom. The van der Waals surface area contributed by atoms with Gasteiger partial charge in [0.1, 0.15) is 0 Å². The summed E-state index contributed by atoms with van der Waals surface area (Å²) in [5, 5.41) is 11.2. The van der Waals surface area contributed by atoms with E-state index in [0.717, 1.165) is 24.0 Å². The average Bonchev–Trinajstić information content (AvgIpc) is 2.74. The summed E-state index contributed by atoms with van der Waals surface area (Å²) in [5.41, 5.74) is 3.37. The van der Waals surface area contributed by atoms with E-state index in [-0.39, 0.29) is 11.9 Å². The number of likely N-dealkylation sites (tertiary alicyclic amines) is 1. The summed E-state index contributed by atoms with van der Waals surface area (Å²) in [6, 6.07) is 12.4. The number of amides is 2. The Bertz CT molecular complexity index is 915. The largest absolute Gasteiger partial charge is 0.465 e. The number of aryl methyl sites for hydroxylation is 1. The molecule has 0 radical (unpaired) electrons. The second-order valence-electron chi connectivity index (χ2n) is 7.14. The fourth-order valence-electron chi connectivity index (χ4n) is 3.65. The first-order valence-corrected chi connectivity index (χ1v) is 9.47. The van der Waals surface area contributed by atoms with E-state index in [1.165, 1.54) is 7.11 Å². The summed E-state index contributed by atoms with van der Waals surface area (Å²) in [6.07, 6.45) is 0.497. The van der Waals surface area contributed by atoms with Gasteiger partial charge in [-0.3, -0.25) is 10.1 Å². The predicted molar refractivity (Wildman–Crippen MR) is 108 cm³/mol. The van der Waals surface area contributed by atoms with Gasteiger partial charge < -0.3 is 14.7 Å². The van der Waals surface area contributed by atoms with Crippen LogP contribution < -0.4 is 5.32 Å². The van der Waals surface area contributed by atoms with E-state index in [1.807, 2.05) is 24.0 Å². The molecule has 0 spiro atoms. The standard InChI is InChI=1S/C22H24N2O5/c1-14-3-8-18(23-22(27)28)13-19(14)20(25)24-11-9-16(10-12-24)15-4-6-17(7-5-15)21(26)29-2/h3-8,13,16,23H,9-12H2,1-2H3,(H,27,28). The minimum absolute atomic E-state index is 0.0870. The van der Waals surface area contributed by atoms with Crippen molar-refractivity contribution in [3.8, 4) is 0 Å². The third kappa shape index (κ3) is 4.74. The number of piperidine rings is 1. The van der Waals surface area contributed by atoms with Crippen LogP contribution in [-0.4, -0.2) is 48.2 Å². The Labute approximate surface area is 169 Å². The number of hydrogen-bond acceptors (Lipinski definition) is 4. The van der Waals surface area contributed by atoms with Crippen LogP contribution >= 0.6 is 0 Å². The third-order valence-electron chi connectivity index (χ3n) is 5.30. The molecule has 7 nitrogen and oxygen atoms in total. The number of methoxy groups -OCH3 is 1. The first-order valence-electron chi connectivity index (χ1n) is 9.47. The molecule has 2 amide bonds. The molecule has 152 valence electrons. The number of ether oxygens (including phenoxy) is 1. The summed E-state index contributed by atoms with van der Waals surface area (Å²) < 4.78 is 4.72. The number of anilines is 1. The Morgan fingerprint density at radius 2 is 1.72 bits per heavy atom. The number of hydrogen-bond donors (Lipinski definition) is 2. The number of nitrogens with one attached hydrogen (secondary N) is 1. The highest BCUT2D eigenvalue weighted by Gasteiger charge is 2.25. The highest BCUT2D eigenvalue weighted by Crippen LogP contribution is 2.29. The van der Waals surface area contributed by atoms with Gasteiger partial charge >= 0.3 is 12.1 Å². The van der Waals surface area contributed by atoms with Crippen LogP contribution in [0.3, 0.4) is 0 Å². The Kier molecular flexibility index (Phi) is 6.16. The SMILES string of the molecule is COC(=O)c1ccc(C2CCN(C(=O)c3cc(NC(=O)O)ccc3C)CC2)cc1. The predicted octanol–water partition coefficient (Wildman–Crippen LogP) is 3.89. The van der Waals surface area contributed by atoms with Gasteiger partial charge in [0.2, 0.25) is 0 Å². The van der Waals surface area contributed by atoms with E-state index in [1.54, 1.807) is 30.3 Å². The number of rotatable bonds is 4. The first-order chi connectivity index (χ1) is 13.9. The number of carboxylic acid groups (broad SMARTS) is 1. The number of benzene rings is 2. The summed E-state index contributed by atoms with van der Waals surface area (Å²) in [5.74, 6) is -0.116. The Morgan fingerprint density at radius 1 is 1.07 bits per heavy atom. The fraction of sp³-hybridized carbons (Fsp3) is 0.318. The van der Waals surface area contributed by atoms with Crippen molar-refractivity contribution in [2.45, 2.75) is 25.7 Å². The van der Waals surface area contributed by atoms with Gasteiger partial charge in [0.15, 0.2) is 0 Å².